The molecule has 7 nitrogen and oxygen atoms in total. The first-order valence-corrected chi connectivity index (χ1v) is 8.85. The van der Waals surface area contributed by atoms with E-state index in [1.54, 1.807) is 36.2 Å². The van der Waals surface area contributed by atoms with E-state index in [0.29, 0.717) is 24.2 Å². The summed E-state index contributed by atoms with van der Waals surface area (Å²) < 4.78 is 5.09. The molecule has 0 aliphatic heterocycles. The van der Waals surface area contributed by atoms with Gasteiger partial charge in [0.05, 0.1) is 6.61 Å². The van der Waals surface area contributed by atoms with Gasteiger partial charge in [-0.25, -0.2) is 0 Å². The van der Waals surface area contributed by atoms with Crippen LogP contribution in [0.25, 0.3) is 0 Å². The minimum Gasteiger partial charge on any atom is -0.383 e. The normalized spacial score (nSPS) is 13.9. The molecule has 7 heteroatoms. The quantitative estimate of drug-likeness (QED) is 0.683. The number of amides is 1. The minimum absolute atomic E-state index is 0.129. The monoisotopic (exact) mass is 373 g/mol. The lowest BCUT2D eigenvalue weighted by Crippen LogP contribution is -2.43. The average Bonchev–Trinajstić information content (AvgIpc) is 2.63. The number of ether oxygens (including phenoxy) is 1. The number of carbonyl (C=O) groups is 3. The van der Waals surface area contributed by atoms with Crippen molar-refractivity contribution < 1.29 is 19.1 Å². The highest BCUT2D eigenvalue weighted by molar-refractivity contribution is 6.27. The molecule has 0 aromatic heterocycles. The van der Waals surface area contributed by atoms with Gasteiger partial charge in [-0.05, 0) is 14.1 Å². The van der Waals surface area contributed by atoms with Gasteiger partial charge in [0, 0.05) is 51.8 Å². The lowest BCUT2D eigenvalue weighted by atomic mass is 9.89. The molecular weight excluding hydrogens is 346 g/mol. The first-order chi connectivity index (χ1) is 12.8. The van der Waals surface area contributed by atoms with Gasteiger partial charge in [-0.1, -0.05) is 24.3 Å². The number of hydrogen-bond donors (Lipinski definition) is 0. The fraction of sp³-hybridized carbons (Fsp3) is 0.450. The third-order valence-electron chi connectivity index (χ3n) is 4.50. The zero-order chi connectivity index (χ0) is 20.1. The highest BCUT2D eigenvalue weighted by atomic mass is 16.5. The molecule has 146 valence electrons. The maximum absolute atomic E-state index is 13.2. The molecule has 1 aromatic rings. The van der Waals surface area contributed by atoms with Gasteiger partial charge in [-0.3, -0.25) is 14.4 Å². The number of carbonyl (C=O) groups excluding carboxylic acids is 3. The maximum atomic E-state index is 13.2. The van der Waals surface area contributed by atoms with E-state index in [1.165, 1.54) is 18.9 Å². The number of Topliss-reactive ketones (excluding diaryl/α,β-unsaturated/α-hetero) is 2. The minimum atomic E-state index is -0.316. The molecule has 0 saturated heterocycles. The van der Waals surface area contributed by atoms with Gasteiger partial charge in [0.15, 0.2) is 0 Å². The summed E-state index contributed by atoms with van der Waals surface area (Å²) in [6.07, 6.45) is 0. The Balaban J connectivity index is 2.59. The van der Waals surface area contributed by atoms with Crippen LogP contribution in [0.15, 0.2) is 35.7 Å². The van der Waals surface area contributed by atoms with Crippen LogP contribution in [0, 0.1) is 0 Å². The van der Waals surface area contributed by atoms with Crippen molar-refractivity contribution in [2.24, 2.45) is 0 Å². The Labute approximate surface area is 160 Å². The molecule has 0 N–H and O–H groups in total. The van der Waals surface area contributed by atoms with E-state index in [1.807, 2.05) is 19.0 Å². The summed E-state index contributed by atoms with van der Waals surface area (Å²) in [6.45, 7) is 3.10. The van der Waals surface area contributed by atoms with E-state index in [9.17, 15) is 14.4 Å². The van der Waals surface area contributed by atoms with Crippen molar-refractivity contribution in [2.45, 2.75) is 6.92 Å². The molecule has 0 radical (unpaired) electrons. The second-order valence-electron chi connectivity index (χ2n) is 6.79. The standard InChI is InChI=1S/C20H27N3O4/c1-14(24)23(12-13-27-5)18-17(22(4)11-10-21(2)3)19(25)15-8-6-7-9-16(15)20(18)26/h6-9H,10-13H2,1-5H3. The van der Waals surface area contributed by atoms with Crippen LogP contribution in [0.4, 0.5) is 0 Å². The predicted octanol–water partition coefficient (Wildman–Crippen LogP) is 1.27. The molecule has 1 aromatic carbocycles. The van der Waals surface area contributed by atoms with Crippen molar-refractivity contribution >= 4 is 17.5 Å². The van der Waals surface area contributed by atoms with Crippen LogP contribution in [-0.2, 0) is 9.53 Å². The van der Waals surface area contributed by atoms with Crippen molar-refractivity contribution in [1.29, 1.82) is 0 Å². The van der Waals surface area contributed by atoms with Crippen LogP contribution < -0.4 is 0 Å². The Bertz CT molecular complexity index is 770. The molecule has 0 spiro atoms. The number of rotatable bonds is 8. The maximum Gasteiger partial charge on any atom is 0.224 e. The van der Waals surface area contributed by atoms with E-state index in [0.717, 1.165) is 0 Å². The second kappa shape index (κ2) is 8.92. The first kappa shape index (κ1) is 20.8. The Morgan fingerprint density at radius 3 is 1.96 bits per heavy atom. The predicted molar refractivity (Wildman–Crippen MR) is 103 cm³/mol. The fourth-order valence-electron chi connectivity index (χ4n) is 3.02. The molecule has 2 rings (SSSR count). The van der Waals surface area contributed by atoms with Crippen LogP contribution in [0.5, 0.6) is 0 Å². The summed E-state index contributed by atoms with van der Waals surface area (Å²) in [5.41, 5.74) is 1.08. The Morgan fingerprint density at radius 2 is 1.48 bits per heavy atom. The van der Waals surface area contributed by atoms with Crippen LogP contribution in [-0.4, -0.2) is 86.7 Å². The summed E-state index contributed by atoms with van der Waals surface area (Å²) in [6, 6.07) is 6.73. The summed E-state index contributed by atoms with van der Waals surface area (Å²) in [5.74, 6) is -0.866. The van der Waals surface area contributed by atoms with Crippen molar-refractivity contribution in [2.75, 3.05) is 54.5 Å². The number of likely N-dealkylation sites (N-methyl/N-ethyl adjacent to an activating group) is 2. The number of benzene rings is 1. The van der Waals surface area contributed by atoms with Gasteiger partial charge >= 0.3 is 0 Å². The molecule has 0 bridgehead atoms. The zero-order valence-corrected chi connectivity index (χ0v) is 16.6. The van der Waals surface area contributed by atoms with Crippen LogP contribution in [0.1, 0.15) is 27.6 Å². The number of allylic oxidation sites excluding steroid dienone is 2. The van der Waals surface area contributed by atoms with Gasteiger partial charge in [-0.15, -0.1) is 0 Å². The van der Waals surface area contributed by atoms with Gasteiger partial charge in [0.2, 0.25) is 17.5 Å². The molecule has 0 saturated carbocycles. The third-order valence-corrected chi connectivity index (χ3v) is 4.50. The van der Waals surface area contributed by atoms with Gasteiger partial charge < -0.3 is 19.4 Å². The highest BCUT2D eigenvalue weighted by Gasteiger charge is 2.37. The Hall–Kier alpha value is -2.51. The number of methoxy groups -OCH3 is 1. The first-order valence-electron chi connectivity index (χ1n) is 8.85. The summed E-state index contributed by atoms with van der Waals surface area (Å²) in [5, 5.41) is 0. The molecular formula is C20H27N3O4. The number of hydrogen-bond acceptors (Lipinski definition) is 6. The van der Waals surface area contributed by atoms with E-state index in [4.69, 9.17) is 4.74 Å². The average molecular weight is 373 g/mol. The largest absolute Gasteiger partial charge is 0.383 e. The molecule has 1 aliphatic rings. The highest BCUT2D eigenvalue weighted by Crippen LogP contribution is 2.30. The molecule has 0 fully saturated rings. The van der Waals surface area contributed by atoms with Gasteiger partial charge in [0.25, 0.3) is 0 Å². The van der Waals surface area contributed by atoms with E-state index in [2.05, 4.69) is 0 Å². The molecule has 27 heavy (non-hydrogen) atoms. The lowest BCUT2D eigenvalue weighted by Gasteiger charge is -2.33. The Kier molecular flexibility index (Phi) is 6.87. The Morgan fingerprint density at radius 1 is 0.926 bits per heavy atom. The van der Waals surface area contributed by atoms with Crippen molar-refractivity contribution in [3.05, 3.63) is 46.8 Å². The van der Waals surface area contributed by atoms with E-state index < -0.39 is 0 Å². The van der Waals surface area contributed by atoms with Crippen molar-refractivity contribution in [1.82, 2.24) is 14.7 Å². The van der Waals surface area contributed by atoms with Crippen molar-refractivity contribution in [3.8, 4) is 0 Å². The number of fused-ring (bicyclic) bond motifs is 1. The number of ketones is 2. The van der Waals surface area contributed by atoms with Crippen LogP contribution in [0.3, 0.4) is 0 Å². The van der Waals surface area contributed by atoms with Crippen molar-refractivity contribution in [3.63, 3.8) is 0 Å². The van der Waals surface area contributed by atoms with Crippen LogP contribution >= 0.6 is 0 Å². The summed E-state index contributed by atoms with van der Waals surface area (Å²) in [4.78, 5) is 43.9. The van der Waals surface area contributed by atoms with E-state index in [-0.39, 0.29) is 42.0 Å². The molecule has 0 heterocycles. The lowest BCUT2D eigenvalue weighted by molar-refractivity contribution is -0.127. The topological polar surface area (TPSA) is 70.2 Å². The summed E-state index contributed by atoms with van der Waals surface area (Å²) >= 11 is 0. The SMILES string of the molecule is COCCN(C(C)=O)C1=C(N(C)CCN(C)C)C(=O)c2ccccc2C1=O. The smallest absolute Gasteiger partial charge is 0.224 e. The molecule has 1 aliphatic carbocycles. The zero-order valence-electron chi connectivity index (χ0n) is 16.6. The second-order valence-corrected chi connectivity index (χ2v) is 6.79. The fourth-order valence-corrected chi connectivity index (χ4v) is 3.02. The molecule has 0 unspecified atom stereocenters. The van der Waals surface area contributed by atoms with E-state index >= 15 is 0 Å². The number of nitrogens with zero attached hydrogens (tertiary/aromatic N) is 3. The van der Waals surface area contributed by atoms with Crippen LogP contribution in [0.2, 0.25) is 0 Å². The summed E-state index contributed by atoms with van der Waals surface area (Å²) in [7, 11) is 7.17. The molecule has 1 amide bonds. The third kappa shape index (κ3) is 4.43. The molecule has 0 atom stereocenters. The van der Waals surface area contributed by atoms with Gasteiger partial charge in [-0.2, -0.15) is 0 Å². The van der Waals surface area contributed by atoms with Gasteiger partial charge in [0.1, 0.15) is 11.4 Å².